The minimum absolute atomic E-state index is 0.0685. The molecule has 0 aliphatic heterocycles. The summed E-state index contributed by atoms with van der Waals surface area (Å²) in [7, 11) is 0. The maximum atomic E-state index is 13.2. The average Bonchev–Trinajstić information content (AvgIpc) is 3.37. The van der Waals surface area contributed by atoms with Crippen molar-refractivity contribution in [1.82, 2.24) is 10.6 Å². The van der Waals surface area contributed by atoms with Crippen molar-refractivity contribution < 1.29 is 8.78 Å². The van der Waals surface area contributed by atoms with E-state index in [-0.39, 0.29) is 29.2 Å². The van der Waals surface area contributed by atoms with Crippen LogP contribution in [0.2, 0.25) is 0 Å². The third-order valence-electron chi connectivity index (χ3n) is 10.8. The van der Waals surface area contributed by atoms with E-state index in [1.165, 1.54) is 44.1 Å². The normalized spacial score (nSPS) is 12.7. The Hall–Kier alpha value is -3.40. The van der Waals surface area contributed by atoms with Crippen LogP contribution in [0.15, 0.2) is 136 Å². The second-order valence-corrected chi connectivity index (χ2v) is 20.6. The van der Waals surface area contributed by atoms with E-state index in [0.29, 0.717) is 24.3 Å². The van der Waals surface area contributed by atoms with Crippen molar-refractivity contribution in [2.45, 2.75) is 302 Å². The maximum Gasteiger partial charge on any atom is 0.245 e. The fourth-order valence-electron chi connectivity index (χ4n) is 6.72. The van der Waals surface area contributed by atoms with Crippen LogP contribution in [0.4, 0.5) is 8.78 Å². The molecular formula is C72H146F2N2. The Labute approximate surface area is 484 Å². The lowest BCUT2D eigenvalue weighted by atomic mass is 9.75. The number of hydrogen-bond acceptors (Lipinski definition) is 2. The van der Waals surface area contributed by atoms with E-state index < -0.39 is 5.92 Å². The third kappa shape index (κ3) is 79.5. The lowest BCUT2D eigenvalue weighted by molar-refractivity contribution is 0.00531. The fourth-order valence-corrected chi connectivity index (χ4v) is 6.72. The standard InChI is InChI=1S/C18H32F2.C17H34N2.C11H18.C5H10.2C3H8.C3H6.3C2H6.3C2H4/c1-8-14(5)12-16(9-2)17(15(6)13(3)4)10-11-18(7,19)20;1-11-14(16(5,6)7)18-13(4)19-15(12(2)3)17(8,9)10;1-3-4-8-11-9-6-5-7-10(11)2;1-4-5(2)3;3*1-3-2;6*1-2/h14,16-17H,3,6,8-12H2,1-2,4-5,7H3;14-15,18-19H,2,4,11H2,1,3,5-10H3;4,8H,3,5-7,9H2,1-2H3;2,4H2,1,3H3;2*3H2,1-2H3;3H,1H2,2H3;3*1-2H3;3*1-2H2/b;;8-4-;;;;;;;;;;. The Morgan fingerprint density at radius 3 is 1.28 bits per heavy atom. The van der Waals surface area contributed by atoms with Crippen molar-refractivity contribution >= 4 is 0 Å². The van der Waals surface area contributed by atoms with Gasteiger partial charge >= 0.3 is 0 Å². The Morgan fingerprint density at radius 1 is 0.645 bits per heavy atom. The van der Waals surface area contributed by atoms with Crippen LogP contribution < -0.4 is 10.6 Å². The summed E-state index contributed by atoms with van der Waals surface area (Å²) < 4.78 is 26.4. The highest BCUT2D eigenvalue weighted by Crippen LogP contribution is 2.37. The van der Waals surface area contributed by atoms with E-state index in [2.05, 4.69) is 226 Å². The van der Waals surface area contributed by atoms with Crippen LogP contribution in [0.1, 0.15) is 284 Å². The number of hydrogen-bond donors (Lipinski definition) is 2. The SMILES string of the molecule is C=C.C=C.C=C.C=C(C)C(=C)C(CCC(C)(F)F)C(CC)CC(C)CC.C=C(C)CC.C=C(NC(CC)C(C)(C)C)NC(C(=C)C)C(C)(C)C.C=CC.CC.CC.CC.CC/C=C\C1=C(C)CCCC1.CCC.CCC. The van der Waals surface area contributed by atoms with Crippen molar-refractivity contribution in [3.8, 4) is 0 Å². The summed E-state index contributed by atoms with van der Waals surface area (Å²) in [5, 5.41) is 7.01. The topological polar surface area (TPSA) is 24.1 Å². The number of alkyl halides is 2. The first-order chi connectivity index (χ1) is 35.4. The summed E-state index contributed by atoms with van der Waals surface area (Å²) >= 11 is 0. The zero-order valence-corrected chi connectivity index (χ0v) is 57.8. The highest BCUT2D eigenvalue weighted by atomic mass is 19.3. The molecule has 76 heavy (non-hydrogen) atoms. The molecule has 0 fully saturated rings. The summed E-state index contributed by atoms with van der Waals surface area (Å²) in [5.41, 5.74) is 7.84. The van der Waals surface area contributed by atoms with Crippen LogP contribution in [0.3, 0.4) is 0 Å². The lowest BCUT2D eigenvalue weighted by Crippen LogP contribution is -2.48. The molecule has 1 rings (SSSR count). The molecule has 0 aromatic heterocycles. The van der Waals surface area contributed by atoms with Gasteiger partial charge in [0, 0.05) is 12.5 Å². The molecule has 0 aromatic carbocycles. The van der Waals surface area contributed by atoms with Gasteiger partial charge in [0.1, 0.15) is 0 Å². The van der Waals surface area contributed by atoms with Crippen molar-refractivity contribution in [3.63, 3.8) is 0 Å². The molecule has 1 aliphatic carbocycles. The van der Waals surface area contributed by atoms with E-state index in [4.69, 9.17) is 0 Å². The summed E-state index contributed by atoms with van der Waals surface area (Å²) in [5.74, 6) is -0.511. The van der Waals surface area contributed by atoms with Crippen LogP contribution in [-0.2, 0) is 0 Å². The van der Waals surface area contributed by atoms with E-state index in [9.17, 15) is 8.78 Å². The minimum atomic E-state index is -2.59. The summed E-state index contributed by atoms with van der Waals surface area (Å²) in [6.07, 6.45) is 21.3. The van der Waals surface area contributed by atoms with Gasteiger partial charge in [-0.1, -0.05) is 245 Å². The molecule has 458 valence electrons. The lowest BCUT2D eigenvalue weighted by Gasteiger charge is -2.37. The van der Waals surface area contributed by atoms with Gasteiger partial charge < -0.3 is 10.6 Å². The third-order valence-corrected chi connectivity index (χ3v) is 10.8. The molecule has 0 radical (unpaired) electrons. The molecule has 0 saturated heterocycles. The van der Waals surface area contributed by atoms with Crippen molar-refractivity contribution in [1.29, 1.82) is 0 Å². The summed E-state index contributed by atoms with van der Waals surface area (Å²) in [4.78, 5) is 0. The van der Waals surface area contributed by atoms with Gasteiger partial charge in [-0.15, -0.1) is 52.6 Å². The number of nitrogens with one attached hydrogen (secondary N) is 2. The highest BCUT2D eigenvalue weighted by molar-refractivity contribution is 5.27. The smallest absolute Gasteiger partial charge is 0.245 e. The fraction of sp³-hybridized carbons (Fsp3) is 0.694. The van der Waals surface area contributed by atoms with Gasteiger partial charge in [0.05, 0.1) is 11.9 Å². The van der Waals surface area contributed by atoms with E-state index in [1.807, 2.05) is 62.3 Å². The van der Waals surface area contributed by atoms with Crippen molar-refractivity contribution in [2.75, 3.05) is 0 Å². The van der Waals surface area contributed by atoms with Crippen LogP contribution in [0, 0.1) is 28.6 Å². The molecule has 5 atom stereocenters. The Kier molecular flexibility index (Phi) is 98.2. The first-order valence-corrected chi connectivity index (χ1v) is 30.0. The van der Waals surface area contributed by atoms with Gasteiger partial charge in [0.25, 0.3) is 0 Å². The van der Waals surface area contributed by atoms with Gasteiger partial charge in [0.2, 0.25) is 5.92 Å². The monoisotopic (exact) mass is 1080 g/mol. The van der Waals surface area contributed by atoms with Crippen molar-refractivity contribution in [2.24, 2.45) is 28.6 Å². The molecule has 2 nitrogen and oxygen atoms in total. The van der Waals surface area contributed by atoms with Crippen LogP contribution in [0.25, 0.3) is 0 Å². The Balaban J connectivity index is -0.0000000668. The first kappa shape index (κ1) is 101. The van der Waals surface area contributed by atoms with Gasteiger partial charge in [-0.2, -0.15) is 0 Å². The van der Waals surface area contributed by atoms with Crippen LogP contribution in [-0.4, -0.2) is 18.0 Å². The van der Waals surface area contributed by atoms with Gasteiger partial charge in [0.15, 0.2) is 0 Å². The van der Waals surface area contributed by atoms with Gasteiger partial charge in [-0.05, 0) is 139 Å². The molecule has 0 spiro atoms. The van der Waals surface area contributed by atoms with Crippen molar-refractivity contribution in [3.05, 3.63) is 136 Å². The molecule has 2 N–H and O–H groups in total. The number of halogens is 2. The number of rotatable bonds is 19. The van der Waals surface area contributed by atoms with Crippen LogP contribution in [0.5, 0.6) is 0 Å². The van der Waals surface area contributed by atoms with Crippen LogP contribution >= 0.6 is 0 Å². The van der Waals surface area contributed by atoms with E-state index in [0.717, 1.165) is 68.0 Å². The minimum Gasteiger partial charge on any atom is -0.369 e. The molecule has 5 unspecified atom stereocenters. The first-order valence-electron chi connectivity index (χ1n) is 30.0. The molecule has 0 bridgehead atoms. The summed E-state index contributed by atoms with van der Waals surface area (Å²) in [6, 6.07) is 0.642. The molecule has 0 aromatic rings. The quantitative estimate of drug-likeness (QED) is 0.0995. The van der Waals surface area contributed by atoms with Gasteiger partial charge in [-0.3, -0.25) is 0 Å². The molecule has 0 heterocycles. The van der Waals surface area contributed by atoms with Gasteiger partial charge in [-0.25, -0.2) is 8.78 Å². The zero-order valence-electron chi connectivity index (χ0n) is 57.8. The highest BCUT2D eigenvalue weighted by Gasteiger charge is 2.30. The predicted molar refractivity (Wildman–Crippen MR) is 363 cm³/mol. The number of allylic oxidation sites excluding steroid dienone is 8. The van der Waals surface area contributed by atoms with E-state index in [1.54, 1.807) is 17.2 Å². The molecule has 0 saturated carbocycles. The zero-order chi connectivity index (χ0) is 63.9. The molecular weight excluding hydrogens is 931 g/mol. The van der Waals surface area contributed by atoms with E-state index >= 15 is 0 Å². The molecule has 1 aliphatic rings. The Morgan fingerprint density at radius 2 is 1.03 bits per heavy atom. The average molecular weight is 1080 g/mol. The second kappa shape index (κ2) is 73.7. The second-order valence-electron chi connectivity index (χ2n) is 20.6. The largest absolute Gasteiger partial charge is 0.369 e. The molecule has 4 heteroatoms. The maximum absolute atomic E-state index is 13.2. The Bertz CT molecular complexity index is 1300. The predicted octanol–water partition coefficient (Wildman–Crippen LogP) is 26.4. The summed E-state index contributed by atoms with van der Waals surface area (Å²) in [6.45, 7) is 99.5. The molecule has 0 amide bonds.